The van der Waals surface area contributed by atoms with Crippen LogP contribution in [0.5, 0.6) is 5.75 Å². The number of carbonyl (C=O) groups is 2. The van der Waals surface area contributed by atoms with Crippen molar-refractivity contribution in [1.82, 2.24) is 4.98 Å². The van der Waals surface area contributed by atoms with Crippen molar-refractivity contribution in [2.75, 3.05) is 4.90 Å². The van der Waals surface area contributed by atoms with Crippen molar-refractivity contribution in [1.29, 1.82) is 0 Å². The Labute approximate surface area is 171 Å². The Morgan fingerprint density at radius 2 is 1.79 bits per heavy atom. The molecule has 0 aliphatic carbocycles. The van der Waals surface area contributed by atoms with E-state index in [1.807, 2.05) is 13.8 Å². The molecule has 1 amide bonds. The maximum absolute atomic E-state index is 13.0. The van der Waals surface area contributed by atoms with Gasteiger partial charge in [0.15, 0.2) is 5.13 Å². The highest BCUT2D eigenvalue weighted by Gasteiger charge is 2.48. The van der Waals surface area contributed by atoms with Crippen molar-refractivity contribution in [3.63, 3.8) is 0 Å². The van der Waals surface area contributed by atoms with Gasteiger partial charge in [0.1, 0.15) is 11.5 Å². The number of thiazole rings is 1. The van der Waals surface area contributed by atoms with Crippen molar-refractivity contribution >= 4 is 33.9 Å². The fraction of sp³-hybridized carbons (Fsp3) is 0.136. The molecule has 7 heteroatoms. The number of Topliss-reactive ketones (excluding diaryl/α,β-unsaturated/α-hetero) is 1. The van der Waals surface area contributed by atoms with Crippen LogP contribution in [0.25, 0.3) is 5.76 Å². The average Bonchev–Trinajstić information content (AvgIpc) is 3.18. The third kappa shape index (κ3) is 3.19. The number of ketones is 1. The highest BCUT2D eigenvalue weighted by Crippen LogP contribution is 2.44. The zero-order chi connectivity index (χ0) is 20.7. The normalized spacial score (nSPS) is 18.4. The van der Waals surface area contributed by atoms with E-state index in [0.717, 1.165) is 10.6 Å². The van der Waals surface area contributed by atoms with Crippen molar-refractivity contribution in [2.45, 2.75) is 19.9 Å². The van der Waals surface area contributed by atoms with Gasteiger partial charge < -0.3 is 10.2 Å². The number of nitrogens with zero attached hydrogens (tertiary/aromatic N) is 2. The molecular formula is C22H18N2O4S. The van der Waals surface area contributed by atoms with Crippen LogP contribution in [-0.2, 0) is 9.59 Å². The fourth-order valence-electron chi connectivity index (χ4n) is 3.35. The largest absolute Gasteiger partial charge is 0.508 e. The minimum absolute atomic E-state index is 0.000649. The molecule has 2 N–H and O–H groups in total. The Kier molecular flexibility index (Phi) is 4.68. The molecule has 3 aromatic rings. The monoisotopic (exact) mass is 406 g/mol. The molecule has 6 nitrogen and oxygen atoms in total. The molecule has 2 aromatic carbocycles. The lowest BCUT2D eigenvalue weighted by molar-refractivity contribution is -0.132. The third-order valence-electron chi connectivity index (χ3n) is 4.90. The van der Waals surface area contributed by atoms with Crippen molar-refractivity contribution in [3.8, 4) is 5.75 Å². The summed E-state index contributed by atoms with van der Waals surface area (Å²) in [6.07, 6.45) is 0. The Hall–Kier alpha value is -3.45. The van der Waals surface area contributed by atoms with E-state index >= 15 is 0 Å². The van der Waals surface area contributed by atoms with Gasteiger partial charge in [-0.3, -0.25) is 14.5 Å². The molecule has 29 heavy (non-hydrogen) atoms. The van der Waals surface area contributed by atoms with Gasteiger partial charge in [0.05, 0.1) is 17.3 Å². The Morgan fingerprint density at radius 3 is 2.41 bits per heavy atom. The maximum atomic E-state index is 13.0. The van der Waals surface area contributed by atoms with Gasteiger partial charge in [-0.05, 0) is 31.5 Å². The lowest BCUT2D eigenvalue weighted by atomic mass is 9.95. The van der Waals surface area contributed by atoms with Crippen LogP contribution in [-0.4, -0.2) is 26.9 Å². The van der Waals surface area contributed by atoms with Gasteiger partial charge in [0, 0.05) is 10.4 Å². The first-order chi connectivity index (χ1) is 13.9. The second-order valence-electron chi connectivity index (χ2n) is 6.77. The molecule has 0 unspecified atom stereocenters. The van der Waals surface area contributed by atoms with Crippen molar-refractivity contribution in [3.05, 3.63) is 81.9 Å². The Bertz CT molecular complexity index is 1130. The first-order valence-corrected chi connectivity index (χ1v) is 9.79. The number of hydrogen-bond donors (Lipinski definition) is 2. The second kappa shape index (κ2) is 7.18. The number of hydrogen-bond acceptors (Lipinski definition) is 6. The van der Waals surface area contributed by atoms with Crippen LogP contribution in [0.1, 0.15) is 27.7 Å². The zero-order valence-electron chi connectivity index (χ0n) is 15.8. The van der Waals surface area contributed by atoms with Crippen LogP contribution >= 0.6 is 11.3 Å². The molecule has 4 rings (SSSR count). The number of aromatic nitrogens is 1. The van der Waals surface area contributed by atoms with Crippen LogP contribution in [0.2, 0.25) is 0 Å². The molecule has 2 heterocycles. The molecule has 1 fully saturated rings. The number of aryl methyl sites for hydroxylation is 2. The molecular weight excluding hydrogens is 388 g/mol. The minimum atomic E-state index is -0.896. The topological polar surface area (TPSA) is 90.7 Å². The van der Waals surface area contributed by atoms with Crippen molar-refractivity contribution in [2.24, 2.45) is 0 Å². The van der Waals surface area contributed by atoms with E-state index in [1.54, 1.807) is 42.5 Å². The fourth-order valence-corrected chi connectivity index (χ4v) is 4.29. The molecule has 0 spiro atoms. The van der Waals surface area contributed by atoms with Gasteiger partial charge in [0.2, 0.25) is 0 Å². The highest BCUT2D eigenvalue weighted by atomic mass is 32.1. The summed E-state index contributed by atoms with van der Waals surface area (Å²) >= 11 is 1.30. The van der Waals surface area contributed by atoms with Gasteiger partial charge in [-0.15, -0.1) is 11.3 Å². The standard InChI is InChI=1S/C22H18N2O4S/c1-12-13(2)29-22(23-12)24-18(15-9-6-10-16(25)11-15)17(20(27)21(24)28)19(26)14-7-4-3-5-8-14/h3-11,18,25-26H,1-2H3/b19-17+/t18-/m0/s1. The molecule has 0 radical (unpaired) electrons. The lowest BCUT2D eigenvalue weighted by Crippen LogP contribution is -2.29. The van der Waals surface area contributed by atoms with Gasteiger partial charge in [-0.1, -0.05) is 42.5 Å². The lowest BCUT2D eigenvalue weighted by Gasteiger charge is -2.23. The van der Waals surface area contributed by atoms with E-state index in [4.69, 9.17) is 0 Å². The van der Waals surface area contributed by atoms with Crippen molar-refractivity contribution < 1.29 is 19.8 Å². The summed E-state index contributed by atoms with van der Waals surface area (Å²) in [5.41, 5.74) is 1.68. The third-order valence-corrected chi connectivity index (χ3v) is 5.97. The van der Waals surface area contributed by atoms with E-state index in [2.05, 4.69) is 4.98 Å². The minimum Gasteiger partial charge on any atom is -0.508 e. The number of aliphatic hydroxyl groups excluding tert-OH is 1. The van der Waals surface area contributed by atoms with Gasteiger partial charge in [-0.2, -0.15) is 0 Å². The molecule has 1 atom stereocenters. The number of rotatable bonds is 3. The number of carbonyl (C=O) groups excluding carboxylic acids is 2. The van der Waals surface area contributed by atoms with E-state index in [9.17, 15) is 19.8 Å². The summed E-state index contributed by atoms with van der Waals surface area (Å²) in [6.45, 7) is 3.72. The quantitative estimate of drug-likeness (QED) is 0.388. The first kappa shape index (κ1) is 18.9. The summed E-state index contributed by atoms with van der Waals surface area (Å²) in [7, 11) is 0. The van der Waals surface area contributed by atoms with E-state index in [1.165, 1.54) is 28.4 Å². The van der Waals surface area contributed by atoms with E-state index < -0.39 is 17.7 Å². The number of anilines is 1. The Morgan fingerprint density at radius 1 is 1.07 bits per heavy atom. The molecule has 1 saturated heterocycles. The number of aromatic hydroxyl groups is 1. The summed E-state index contributed by atoms with van der Waals surface area (Å²) in [5.74, 6) is -1.81. The number of amides is 1. The highest BCUT2D eigenvalue weighted by molar-refractivity contribution is 7.16. The maximum Gasteiger partial charge on any atom is 0.301 e. The zero-order valence-corrected chi connectivity index (χ0v) is 16.6. The summed E-state index contributed by atoms with van der Waals surface area (Å²) < 4.78 is 0. The molecule has 0 bridgehead atoms. The predicted molar refractivity (Wildman–Crippen MR) is 111 cm³/mol. The summed E-state index contributed by atoms with van der Waals surface area (Å²) in [5, 5.41) is 21.3. The molecule has 1 aliphatic heterocycles. The molecule has 1 aromatic heterocycles. The Balaban J connectivity index is 1.97. The number of phenolic OH excluding ortho intramolecular Hbond substituents is 1. The first-order valence-electron chi connectivity index (χ1n) is 8.98. The number of benzene rings is 2. The predicted octanol–water partition coefficient (Wildman–Crippen LogP) is 4.09. The number of phenols is 1. The second-order valence-corrected chi connectivity index (χ2v) is 7.95. The SMILES string of the molecule is Cc1nc(N2C(=O)C(=O)/C(=C(/O)c3ccccc3)[C@@H]2c2cccc(O)c2)sc1C. The molecule has 146 valence electrons. The van der Waals surface area contributed by atoms with Crippen LogP contribution < -0.4 is 4.90 Å². The summed E-state index contributed by atoms with van der Waals surface area (Å²) in [4.78, 5) is 32.6. The molecule has 0 saturated carbocycles. The van der Waals surface area contributed by atoms with Crippen LogP contribution in [0, 0.1) is 13.8 Å². The summed E-state index contributed by atoms with van der Waals surface area (Å²) in [6, 6.07) is 14.0. The molecule has 1 aliphatic rings. The van der Waals surface area contributed by atoms with Gasteiger partial charge >= 0.3 is 5.91 Å². The van der Waals surface area contributed by atoms with Crippen LogP contribution in [0.3, 0.4) is 0 Å². The smallest absolute Gasteiger partial charge is 0.301 e. The number of aliphatic hydroxyl groups is 1. The van der Waals surface area contributed by atoms with Gasteiger partial charge in [-0.25, -0.2) is 4.98 Å². The average molecular weight is 406 g/mol. The van der Waals surface area contributed by atoms with Crippen LogP contribution in [0.4, 0.5) is 5.13 Å². The van der Waals surface area contributed by atoms with Crippen LogP contribution in [0.15, 0.2) is 60.2 Å². The van der Waals surface area contributed by atoms with E-state index in [0.29, 0.717) is 16.3 Å². The van der Waals surface area contributed by atoms with E-state index in [-0.39, 0.29) is 17.1 Å². The van der Waals surface area contributed by atoms with Gasteiger partial charge in [0.25, 0.3) is 5.78 Å².